The van der Waals surface area contributed by atoms with Gasteiger partial charge in [0.1, 0.15) is 0 Å². The average molecular weight is 209 g/mol. The summed E-state index contributed by atoms with van der Waals surface area (Å²) in [4.78, 5) is 11.0. The Balaban J connectivity index is 4.35. The quantitative estimate of drug-likeness (QED) is 0.405. The lowest BCUT2D eigenvalue weighted by molar-refractivity contribution is -0.143. The summed E-state index contributed by atoms with van der Waals surface area (Å²) in [6.45, 7) is 9.71. The molecule has 0 bridgehead atoms. The maximum atomic E-state index is 11.0. The second kappa shape index (κ2) is 3.97. The van der Waals surface area contributed by atoms with Crippen LogP contribution in [0.2, 0.25) is 0 Å². The predicted octanol–water partition coefficient (Wildman–Crippen LogP) is 2.81. The van der Waals surface area contributed by atoms with Crippen molar-refractivity contribution in [2.75, 3.05) is 0 Å². The number of carbonyl (C=O) groups excluding carboxylic acids is 1. The van der Waals surface area contributed by atoms with Crippen molar-refractivity contribution < 1.29 is 9.53 Å². The van der Waals surface area contributed by atoms with Gasteiger partial charge in [-0.25, -0.2) is 4.79 Å². The summed E-state index contributed by atoms with van der Waals surface area (Å²) in [6.07, 6.45) is 0. The zero-order valence-electron chi connectivity index (χ0n) is 6.99. The van der Waals surface area contributed by atoms with Crippen molar-refractivity contribution in [2.24, 2.45) is 0 Å². The van der Waals surface area contributed by atoms with Crippen LogP contribution in [0.25, 0.3) is 0 Å². The van der Waals surface area contributed by atoms with Gasteiger partial charge >= 0.3 is 5.97 Å². The lowest BCUT2D eigenvalue weighted by Crippen LogP contribution is -2.25. The minimum Gasteiger partial charge on any atom is -0.435 e. The third kappa shape index (κ3) is 3.28. The van der Waals surface area contributed by atoms with Crippen LogP contribution in [0.5, 0.6) is 0 Å². The van der Waals surface area contributed by atoms with E-state index in [1.54, 1.807) is 0 Å². The number of carbonyl (C=O) groups is 1. The van der Waals surface area contributed by atoms with Crippen LogP contribution in [0, 0.1) is 0 Å². The van der Waals surface area contributed by atoms with Gasteiger partial charge in [-0.15, -0.1) is 0 Å². The normalized spacial score (nSPS) is 14.7. The minimum absolute atomic E-state index is 0.0544. The molecule has 0 aliphatic carbocycles. The molecule has 0 aromatic rings. The van der Waals surface area contributed by atoms with Crippen molar-refractivity contribution >= 4 is 29.2 Å². The molecular formula is C8H10Cl2O2. The Labute approximate surface area is 81.8 Å². The SMILES string of the molecule is C=C(C)C(=O)OC(C)(Cl)C(=C)Cl. The smallest absolute Gasteiger partial charge is 0.335 e. The van der Waals surface area contributed by atoms with Gasteiger partial charge in [0, 0.05) is 5.57 Å². The molecule has 0 amide bonds. The molecule has 0 saturated carbocycles. The van der Waals surface area contributed by atoms with E-state index in [0.29, 0.717) is 0 Å². The van der Waals surface area contributed by atoms with Crippen LogP contribution >= 0.6 is 23.2 Å². The first-order valence-corrected chi connectivity index (χ1v) is 3.95. The number of hydrogen-bond acceptors (Lipinski definition) is 2. The average Bonchev–Trinajstić information content (AvgIpc) is 1.85. The van der Waals surface area contributed by atoms with Gasteiger partial charge in [-0.2, -0.15) is 0 Å². The van der Waals surface area contributed by atoms with Crippen LogP contribution in [0.4, 0.5) is 0 Å². The fourth-order valence-corrected chi connectivity index (χ4v) is 0.425. The molecule has 0 aliphatic rings. The van der Waals surface area contributed by atoms with Gasteiger partial charge in [0.25, 0.3) is 0 Å². The molecule has 0 aliphatic heterocycles. The van der Waals surface area contributed by atoms with E-state index in [1.807, 2.05) is 0 Å². The number of rotatable bonds is 3. The highest BCUT2D eigenvalue weighted by Gasteiger charge is 2.28. The second-order valence-corrected chi connectivity index (χ2v) is 3.67. The van der Waals surface area contributed by atoms with E-state index in [9.17, 15) is 4.79 Å². The van der Waals surface area contributed by atoms with Crippen molar-refractivity contribution in [3.63, 3.8) is 0 Å². The Morgan fingerprint density at radius 1 is 1.50 bits per heavy atom. The first kappa shape index (κ1) is 11.5. The van der Waals surface area contributed by atoms with Gasteiger partial charge in [-0.3, -0.25) is 0 Å². The molecule has 0 rings (SSSR count). The van der Waals surface area contributed by atoms with Crippen LogP contribution in [-0.4, -0.2) is 11.0 Å². The summed E-state index contributed by atoms with van der Waals surface area (Å²) >= 11 is 11.2. The molecule has 1 unspecified atom stereocenters. The van der Waals surface area contributed by atoms with Crippen LogP contribution in [0.3, 0.4) is 0 Å². The predicted molar refractivity (Wildman–Crippen MR) is 50.2 cm³/mol. The van der Waals surface area contributed by atoms with E-state index >= 15 is 0 Å². The maximum Gasteiger partial charge on any atom is 0.335 e. The van der Waals surface area contributed by atoms with Crippen LogP contribution in [0.15, 0.2) is 23.8 Å². The number of alkyl halides is 1. The lowest BCUT2D eigenvalue weighted by Gasteiger charge is -2.20. The third-order valence-corrected chi connectivity index (χ3v) is 1.88. The highest BCUT2D eigenvalue weighted by atomic mass is 35.5. The molecule has 4 heteroatoms. The first-order valence-electron chi connectivity index (χ1n) is 3.20. The van der Waals surface area contributed by atoms with E-state index < -0.39 is 11.0 Å². The Hall–Kier alpha value is -0.470. The standard InChI is InChI=1S/C8H10Cl2O2/c1-5(2)7(11)12-8(4,10)6(3)9/h1,3H2,2,4H3. The van der Waals surface area contributed by atoms with Gasteiger partial charge < -0.3 is 4.74 Å². The molecule has 1 atom stereocenters. The monoisotopic (exact) mass is 208 g/mol. The number of ether oxygens (including phenoxy) is 1. The van der Waals surface area contributed by atoms with Crippen molar-refractivity contribution in [3.05, 3.63) is 23.8 Å². The van der Waals surface area contributed by atoms with Crippen molar-refractivity contribution in [2.45, 2.75) is 18.9 Å². The second-order valence-electron chi connectivity index (χ2n) is 2.49. The van der Waals surface area contributed by atoms with Crippen molar-refractivity contribution in [1.29, 1.82) is 0 Å². The van der Waals surface area contributed by atoms with Crippen molar-refractivity contribution in [3.8, 4) is 0 Å². The Morgan fingerprint density at radius 2 is 1.92 bits per heavy atom. The Bertz CT molecular complexity index is 231. The zero-order chi connectivity index (χ0) is 9.94. The molecule has 0 aromatic heterocycles. The first-order chi connectivity index (χ1) is 5.27. The Kier molecular flexibility index (Phi) is 3.81. The summed E-state index contributed by atoms with van der Waals surface area (Å²) < 4.78 is 4.76. The van der Waals surface area contributed by atoms with Crippen molar-refractivity contribution in [1.82, 2.24) is 0 Å². The summed E-state index contributed by atoms with van der Waals surface area (Å²) in [6, 6.07) is 0. The fourth-order valence-electron chi connectivity index (χ4n) is 0.317. The topological polar surface area (TPSA) is 26.3 Å². The molecule has 0 heterocycles. The molecular weight excluding hydrogens is 199 g/mol. The molecule has 0 spiro atoms. The molecule has 12 heavy (non-hydrogen) atoms. The molecule has 0 aromatic carbocycles. The molecule has 0 saturated heterocycles. The number of halogens is 2. The highest BCUT2D eigenvalue weighted by Crippen LogP contribution is 2.28. The molecule has 0 fully saturated rings. The lowest BCUT2D eigenvalue weighted by atomic mass is 10.3. The highest BCUT2D eigenvalue weighted by molar-refractivity contribution is 6.38. The van der Waals surface area contributed by atoms with E-state index in [1.165, 1.54) is 13.8 Å². The van der Waals surface area contributed by atoms with E-state index in [-0.39, 0.29) is 10.6 Å². The van der Waals surface area contributed by atoms with Crippen LogP contribution in [-0.2, 0) is 9.53 Å². The Morgan fingerprint density at radius 3 is 2.17 bits per heavy atom. The van der Waals surface area contributed by atoms with E-state index in [0.717, 1.165) is 0 Å². The third-order valence-electron chi connectivity index (χ3n) is 1.12. The summed E-state index contributed by atoms with van der Waals surface area (Å²) in [5, 5.41) is -1.31. The maximum absolute atomic E-state index is 11.0. The number of hydrogen-bond donors (Lipinski definition) is 0. The van der Waals surface area contributed by atoms with E-state index in [2.05, 4.69) is 13.2 Å². The van der Waals surface area contributed by atoms with Gasteiger partial charge in [-0.05, 0) is 13.8 Å². The number of esters is 1. The summed E-state index contributed by atoms with van der Waals surface area (Å²) in [7, 11) is 0. The van der Waals surface area contributed by atoms with Gasteiger partial charge in [0.05, 0.1) is 5.03 Å². The fraction of sp³-hybridized carbons (Fsp3) is 0.375. The zero-order valence-corrected chi connectivity index (χ0v) is 8.50. The molecule has 0 radical (unpaired) electrons. The van der Waals surface area contributed by atoms with E-state index in [4.69, 9.17) is 27.9 Å². The van der Waals surface area contributed by atoms with Crippen LogP contribution in [0.1, 0.15) is 13.8 Å². The summed E-state index contributed by atoms with van der Waals surface area (Å²) in [5.41, 5.74) is 0.264. The molecule has 0 N–H and O–H groups in total. The van der Waals surface area contributed by atoms with Gasteiger partial charge in [0.15, 0.2) is 0 Å². The summed E-state index contributed by atoms with van der Waals surface area (Å²) in [5.74, 6) is -0.589. The van der Waals surface area contributed by atoms with Gasteiger partial charge in [-0.1, -0.05) is 36.4 Å². The molecule has 68 valence electrons. The van der Waals surface area contributed by atoms with Crippen LogP contribution < -0.4 is 0 Å². The van der Waals surface area contributed by atoms with Gasteiger partial charge in [0.2, 0.25) is 5.06 Å². The molecule has 2 nitrogen and oxygen atoms in total. The largest absolute Gasteiger partial charge is 0.435 e. The minimum atomic E-state index is -1.36.